The highest BCUT2D eigenvalue weighted by Crippen LogP contribution is 2.30. The van der Waals surface area contributed by atoms with Crippen molar-refractivity contribution in [1.82, 2.24) is 14.4 Å². The fraction of sp³-hybridized carbons (Fsp3) is 0.389. The van der Waals surface area contributed by atoms with E-state index in [1.54, 1.807) is 19.9 Å². The molecule has 0 radical (unpaired) electrons. The van der Waals surface area contributed by atoms with Crippen molar-refractivity contribution in [3.63, 3.8) is 0 Å². The van der Waals surface area contributed by atoms with Crippen LogP contribution in [0.15, 0.2) is 28.8 Å². The van der Waals surface area contributed by atoms with Gasteiger partial charge >= 0.3 is 0 Å². The monoisotopic (exact) mass is 420 g/mol. The Bertz CT molecular complexity index is 1130. The maximum absolute atomic E-state index is 12.4. The highest BCUT2D eigenvalue weighted by Gasteiger charge is 2.31. The summed E-state index contributed by atoms with van der Waals surface area (Å²) >= 11 is 1.32. The number of thiazole rings is 1. The van der Waals surface area contributed by atoms with E-state index in [-0.39, 0.29) is 12.3 Å². The molecule has 1 aliphatic rings. The van der Waals surface area contributed by atoms with E-state index in [2.05, 4.69) is 15.5 Å². The number of fused-ring (bicyclic) bond motifs is 2. The molecule has 0 aliphatic carbocycles. The van der Waals surface area contributed by atoms with Gasteiger partial charge in [-0.1, -0.05) is 17.3 Å². The average molecular weight is 421 g/mol. The van der Waals surface area contributed by atoms with Crippen LogP contribution in [0.3, 0.4) is 0 Å². The van der Waals surface area contributed by atoms with Crippen LogP contribution in [0.1, 0.15) is 30.1 Å². The van der Waals surface area contributed by atoms with E-state index in [0.29, 0.717) is 35.9 Å². The number of carbonyl (C=O) groups is 1. The Balaban J connectivity index is 1.46. The Morgan fingerprint density at radius 3 is 2.93 bits per heavy atom. The molecule has 3 heterocycles. The van der Waals surface area contributed by atoms with E-state index in [4.69, 9.17) is 4.52 Å². The molecule has 4 rings (SSSR count). The third-order valence-corrected chi connectivity index (χ3v) is 7.90. The number of hydrogen-bond donors (Lipinski definition) is 1. The summed E-state index contributed by atoms with van der Waals surface area (Å²) in [4.78, 5) is 17.8. The van der Waals surface area contributed by atoms with Crippen molar-refractivity contribution in [2.45, 2.75) is 38.5 Å². The summed E-state index contributed by atoms with van der Waals surface area (Å²) in [5, 5.41) is 7.60. The van der Waals surface area contributed by atoms with Crippen LogP contribution in [0.4, 0.5) is 5.13 Å². The molecule has 1 aromatic carbocycles. The lowest BCUT2D eigenvalue weighted by atomic mass is 10.2. The fourth-order valence-electron chi connectivity index (χ4n) is 3.12. The quantitative estimate of drug-likeness (QED) is 0.680. The molecular weight excluding hydrogens is 400 g/mol. The summed E-state index contributed by atoms with van der Waals surface area (Å²) in [6.07, 6.45) is 0.622. The molecule has 1 aliphatic heterocycles. The first kappa shape index (κ1) is 19.0. The van der Waals surface area contributed by atoms with E-state index in [1.165, 1.54) is 15.6 Å². The molecule has 1 amide bonds. The van der Waals surface area contributed by atoms with Gasteiger partial charge in [-0.15, -0.1) is 11.3 Å². The zero-order chi connectivity index (χ0) is 19.9. The minimum Gasteiger partial charge on any atom is -0.356 e. The summed E-state index contributed by atoms with van der Waals surface area (Å²) in [6.45, 7) is 4.07. The van der Waals surface area contributed by atoms with Crippen molar-refractivity contribution < 1.29 is 17.7 Å². The van der Waals surface area contributed by atoms with Crippen LogP contribution in [0, 0.1) is 0 Å². The van der Waals surface area contributed by atoms with Gasteiger partial charge in [0.15, 0.2) is 10.7 Å². The molecule has 8 nitrogen and oxygen atoms in total. The number of hydrogen-bond acceptors (Lipinski definition) is 7. The van der Waals surface area contributed by atoms with Crippen molar-refractivity contribution in [2.24, 2.45) is 0 Å². The predicted molar refractivity (Wildman–Crippen MR) is 107 cm³/mol. The van der Waals surface area contributed by atoms with E-state index in [9.17, 15) is 13.2 Å². The Morgan fingerprint density at radius 1 is 1.36 bits per heavy atom. The maximum atomic E-state index is 12.4. The highest BCUT2D eigenvalue weighted by atomic mass is 32.2. The number of para-hydroxylation sites is 1. The van der Waals surface area contributed by atoms with Crippen molar-refractivity contribution in [3.05, 3.63) is 40.5 Å². The lowest BCUT2D eigenvalue weighted by Crippen LogP contribution is -2.39. The largest absolute Gasteiger partial charge is 0.356 e. The van der Waals surface area contributed by atoms with Crippen LogP contribution in [0.25, 0.3) is 11.0 Å². The predicted octanol–water partition coefficient (Wildman–Crippen LogP) is 2.56. The van der Waals surface area contributed by atoms with E-state index >= 15 is 0 Å². The molecule has 0 spiro atoms. The lowest BCUT2D eigenvalue weighted by molar-refractivity contribution is -0.115. The molecule has 2 aromatic heterocycles. The number of sulfonamides is 1. The number of aromatic nitrogens is 2. The van der Waals surface area contributed by atoms with Crippen LogP contribution in [0.2, 0.25) is 0 Å². The lowest BCUT2D eigenvalue weighted by Gasteiger charge is -2.26. The first-order valence-electron chi connectivity index (χ1n) is 8.95. The molecule has 3 aromatic rings. The first-order valence-corrected chi connectivity index (χ1v) is 11.3. The normalized spacial score (nSPS) is 15.1. The number of nitrogens with one attached hydrogen (secondary N) is 1. The van der Waals surface area contributed by atoms with Gasteiger partial charge in [-0.2, -0.15) is 4.31 Å². The van der Waals surface area contributed by atoms with Gasteiger partial charge < -0.3 is 9.84 Å². The molecule has 0 saturated heterocycles. The van der Waals surface area contributed by atoms with Crippen molar-refractivity contribution in [2.75, 3.05) is 11.9 Å². The Kier molecular flexibility index (Phi) is 4.94. The molecule has 0 saturated carbocycles. The van der Waals surface area contributed by atoms with Crippen LogP contribution in [0.5, 0.6) is 0 Å². The third-order valence-electron chi connectivity index (χ3n) is 4.68. The summed E-state index contributed by atoms with van der Waals surface area (Å²) in [6, 6.07) is 7.38. The second kappa shape index (κ2) is 7.26. The number of anilines is 1. The van der Waals surface area contributed by atoms with Crippen LogP contribution < -0.4 is 5.32 Å². The van der Waals surface area contributed by atoms with Crippen molar-refractivity contribution in [1.29, 1.82) is 0 Å². The second-order valence-electron chi connectivity index (χ2n) is 6.92. The first-order chi connectivity index (χ1) is 13.3. The highest BCUT2D eigenvalue weighted by molar-refractivity contribution is 7.89. The Morgan fingerprint density at radius 2 is 2.14 bits per heavy atom. The SMILES string of the molecule is CC(C)S(=O)(=O)N1CCc2nc(NC(=O)Cc3noc4ccccc34)sc2C1. The summed E-state index contributed by atoms with van der Waals surface area (Å²) in [5.74, 6) is -0.239. The molecule has 1 N–H and O–H groups in total. The second-order valence-corrected chi connectivity index (χ2v) is 10.5. The van der Waals surface area contributed by atoms with Gasteiger partial charge in [-0.25, -0.2) is 13.4 Å². The van der Waals surface area contributed by atoms with Crippen molar-refractivity contribution >= 4 is 43.4 Å². The molecular formula is C18H20N4O4S2. The van der Waals surface area contributed by atoms with Gasteiger partial charge in [0, 0.05) is 29.8 Å². The van der Waals surface area contributed by atoms with Gasteiger partial charge in [-0.05, 0) is 26.0 Å². The van der Waals surface area contributed by atoms with Gasteiger partial charge in [0.2, 0.25) is 15.9 Å². The number of benzene rings is 1. The average Bonchev–Trinajstić information content (AvgIpc) is 3.24. The van der Waals surface area contributed by atoms with Gasteiger partial charge in [0.1, 0.15) is 5.69 Å². The molecule has 0 atom stereocenters. The molecule has 0 fully saturated rings. The van der Waals surface area contributed by atoms with Crippen LogP contribution >= 0.6 is 11.3 Å². The standard InChI is InChI=1S/C18H20N4O4S2/c1-11(2)28(24,25)22-8-7-13-16(10-22)27-18(19-13)20-17(23)9-14-12-5-3-4-6-15(12)26-21-14/h3-6,11H,7-10H2,1-2H3,(H,19,20,23). The van der Waals surface area contributed by atoms with Gasteiger partial charge in [0.25, 0.3) is 0 Å². The molecule has 28 heavy (non-hydrogen) atoms. The smallest absolute Gasteiger partial charge is 0.232 e. The zero-order valence-corrected chi connectivity index (χ0v) is 17.1. The van der Waals surface area contributed by atoms with Crippen molar-refractivity contribution in [3.8, 4) is 0 Å². The van der Waals surface area contributed by atoms with Gasteiger partial charge in [-0.3, -0.25) is 4.79 Å². The maximum Gasteiger partial charge on any atom is 0.232 e. The minimum absolute atomic E-state index is 0.0785. The van der Waals surface area contributed by atoms with E-state index in [0.717, 1.165) is 16.0 Å². The third kappa shape index (κ3) is 3.54. The Hall–Kier alpha value is -2.30. The summed E-state index contributed by atoms with van der Waals surface area (Å²) in [7, 11) is -3.31. The van der Waals surface area contributed by atoms with E-state index < -0.39 is 15.3 Å². The molecule has 10 heteroatoms. The molecule has 0 bridgehead atoms. The topological polar surface area (TPSA) is 105 Å². The number of rotatable bonds is 5. The fourth-order valence-corrected chi connectivity index (χ4v) is 5.49. The minimum atomic E-state index is -3.31. The van der Waals surface area contributed by atoms with Crippen LogP contribution in [-0.2, 0) is 34.2 Å². The summed E-state index contributed by atoms with van der Waals surface area (Å²) in [5.41, 5.74) is 2.06. The number of nitrogens with zero attached hydrogens (tertiary/aromatic N) is 3. The van der Waals surface area contributed by atoms with Gasteiger partial charge in [0.05, 0.1) is 17.4 Å². The zero-order valence-electron chi connectivity index (χ0n) is 15.5. The number of carbonyl (C=O) groups excluding carboxylic acids is 1. The molecule has 148 valence electrons. The number of amides is 1. The molecule has 0 unspecified atom stereocenters. The Labute approximate surface area is 166 Å². The van der Waals surface area contributed by atoms with E-state index in [1.807, 2.05) is 18.2 Å². The van der Waals surface area contributed by atoms with Crippen LogP contribution in [-0.4, -0.2) is 40.6 Å². The summed E-state index contributed by atoms with van der Waals surface area (Å²) < 4.78 is 31.5.